The van der Waals surface area contributed by atoms with Gasteiger partial charge in [-0.05, 0) is 54.1 Å². The first kappa shape index (κ1) is 25.5. The molecule has 13 heteroatoms. The standard InChI is InChI=1S/C24H17ClN4O5S3/c25-14-4-1-12(2-5-14)21(30)26-15-6-7-16-20(10-15)37-24(28-16)36-19-8-3-13(9-18(19)29(33)34)22-27-17(11-35-22)23(31)32/h1-10,17,22,27H,11H2,(H,26,30)(H,31,32)/t17-,22+/m1/s1. The second-order valence-corrected chi connectivity index (χ2v) is 11.9. The van der Waals surface area contributed by atoms with Gasteiger partial charge in [0.2, 0.25) is 0 Å². The van der Waals surface area contributed by atoms with Crippen LogP contribution < -0.4 is 10.6 Å². The zero-order chi connectivity index (χ0) is 26.1. The largest absolute Gasteiger partial charge is 0.480 e. The molecule has 5 rings (SSSR count). The van der Waals surface area contributed by atoms with E-state index < -0.39 is 16.9 Å². The Labute approximate surface area is 227 Å². The van der Waals surface area contributed by atoms with E-state index in [1.54, 1.807) is 48.5 Å². The minimum absolute atomic E-state index is 0.0705. The van der Waals surface area contributed by atoms with Gasteiger partial charge < -0.3 is 10.4 Å². The van der Waals surface area contributed by atoms with Crippen LogP contribution in [0.5, 0.6) is 0 Å². The van der Waals surface area contributed by atoms with Crippen LogP contribution in [0.25, 0.3) is 10.2 Å². The zero-order valence-electron chi connectivity index (χ0n) is 18.7. The van der Waals surface area contributed by atoms with Gasteiger partial charge in [-0.2, -0.15) is 0 Å². The molecule has 0 bridgehead atoms. The molecule has 0 radical (unpaired) electrons. The Morgan fingerprint density at radius 1 is 1.16 bits per heavy atom. The highest BCUT2D eigenvalue weighted by molar-refractivity contribution is 8.01. The number of thiazole rings is 1. The number of carbonyl (C=O) groups is 2. The van der Waals surface area contributed by atoms with E-state index in [-0.39, 0.29) is 17.0 Å². The van der Waals surface area contributed by atoms with Crippen LogP contribution >= 0.6 is 46.5 Å². The molecule has 1 aliphatic heterocycles. The van der Waals surface area contributed by atoms with E-state index in [4.69, 9.17) is 11.6 Å². The number of aliphatic carboxylic acids is 1. The average molecular weight is 573 g/mol. The summed E-state index contributed by atoms with van der Waals surface area (Å²) in [4.78, 5) is 40.1. The first-order valence-electron chi connectivity index (χ1n) is 10.8. The van der Waals surface area contributed by atoms with Gasteiger partial charge >= 0.3 is 5.97 Å². The number of thioether (sulfide) groups is 1. The van der Waals surface area contributed by atoms with Crippen LogP contribution in [-0.2, 0) is 4.79 Å². The molecule has 2 atom stereocenters. The van der Waals surface area contributed by atoms with Crippen LogP contribution in [0.3, 0.4) is 0 Å². The van der Waals surface area contributed by atoms with Gasteiger partial charge in [0.1, 0.15) is 6.04 Å². The van der Waals surface area contributed by atoms with Gasteiger partial charge in [0.25, 0.3) is 11.6 Å². The predicted molar refractivity (Wildman–Crippen MR) is 146 cm³/mol. The summed E-state index contributed by atoms with van der Waals surface area (Å²) in [7, 11) is 0. The molecule has 4 aromatic rings. The van der Waals surface area contributed by atoms with Gasteiger partial charge in [0, 0.05) is 28.1 Å². The van der Waals surface area contributed by atoms with Crippen LogP contribution in [0, 0.1) is 10.1 Å². The maximum Gasteiger partial charge on any atom is 0.321 e. The summed E-state index contributed by atoms with van der Waals surface area (Å²) in [5.41, 5.74) is 2.37. The lowest BCUT2D eigenvalue weighted by Gasteiger charge is -2.12. The number of carboxylic acid groups (broad SMARTS) is 1. The maximum absolute atomic E-state index is 12.5. The lowest BCUT2D eigenvalue weighted by molar-refractivity contribution is -0.387. The van der Waals surface area contributed by atoms with Gasteiger partial charge in [0.05, 0.1) is 25.4 Å². The number of halogens is 1. The molecule has 1 fully saturated rings. The van der Waals surface area contributed by atoms with Crippen molar-refractivity contribution < 1.29 is 19.6 Å². The summed E-state index contributed by atoms with van der Waals surface area (Å²) in [6.07, 6.45) is 0. The number of hydrogen-bond acceptors (Lipinski definition) is 9. The topological polar surface area (TPSA) is 134 Å². The second-order valence-electron chi connectivity index (χ2n) is 7.98. The Morgan fingerprint density at radius 3 is 2.65 bits per heavy atom. The smallest absolute Gasteiger partial charge is 0.321 e. The van der Waals surface area contributed by atoms with E-state index in [9.17, 15) is 24.8 Å². The minimum Gasteiger partial charge on any atom is -0.480 e. The van der Waals surface area contributed by atoms with Crippen molar-refractivity contribution in [1.82, 2.24) is 10.3 Å². The van der Waals surface area contributed by atoms with E-state index >= 15 is 0 Å². The maximum atomic E-state index is 12.5. The quantitative estimate of drug-likeness (QED) is 0.179. The van der Waals surface area contributed by atoms with Gasteiger partial charge in [-0.3, -0.25) is 25.0 Å². The molecule has 1 saturated heterocycles. The number of aromatic nitrogens is 1. The first-order valence-corrected chi connectivity index (χ1v) is 13.9. The molecule has 1 aliphatic rings. The molecule has 0 aliphatic carbocycles. The minimum atomic E-state index is -0.944. The van der Waals surface area contributed by atoms with Crippen LogP contribution in [-0.4, -0.2) is 38.7 Å². The SMILES string of the molecule is O=C(Nc1ccc2nc(Sc3ccc([C@H]4N[C@@H](C(=O)O)CS4)cc3[N+](=O)[O-])sc2c1)c1ccc(Cl)cc1. The number of carbonyl (C=O) groups excluding carboxylic acids is 1. The lowest BCUT2D eigenvalue weighted by atomic mass is 10.2. The zero-order valence-corrected chi connectivity index (χ0v) is 21.9. The summed E-state index contributed by atoms with van der Waals surface area (Å²) in [5.74, 6) is -0.825. The van der Waals surface area contributed by atoms with E-state index in [1.807, 2.05) is 6.07 Å². The van der Waals surface area contributed by atoms with Crippen molar-refractivity contribution in [3.8, 4) is 0 Å². The number of nitro groups is 1. The van der Waals surface area contributed by atoms with Crippen LogP contribution in [0.1, 0.15) is 21.3 Å². The van der Waals surface area contributed by atoms with Crippen LogP contribution in [0.2, 0.25) is 5.02 Å². The van der Waals surface area contributed by atoms with Gasteiger partial charge in [-0.25, -0.2) is 4.98 Å². The number of nitrogens with one attached hydrogen (secondary N) is 2. The van der Waals surface area contributed by atoms with Crippen molar-refractivity contribution in [1.29, 1.82) is 0 Å². The third-order valence-corrected chi connectivity index (χ3v) is 9.16. The molecule has 9 nitrogen and oxygen atoms in total. The Kier molecular flexibility index (Phi) is 7.36. The average Bonchev–Trinajstić information content (AvgIpc) is 3.51. The number of nitrogens with zero attached hydrogens (tertiary/aromatic N) is 2. The number of hydrogen-bond donors (Lipinski definition) is 3. The highest BCUT2D eigenvalue weighted by Gasteiger charge is 2.31. The number of carboxylic acids is 1. The fourth-order valence-electron chi connectivity index (χ4n) is 3.66. The van der Waals surface area contributed by atoms with E-state index in [1.165, 1.54) is 40.9 Å². The molecule has 0 spiro atoms. The highest BCUT2D eigenvalue weighted by Crippen LogP contribution is 2.42. The molecule has 3 N–H and O–H groups in total. The number of anilines is 1. The van der Waals surface area contributed by atoms with E-state index in [0.29, 0.717) is 42.3 Å². The number of amides is 1. The molecule has 0 unspecified atom stereocenters. The summed E-state index contributed by atoms with van der Waals surface area (Å²) in [6, 6.07) is 16.1. The van der Waals surface area contributed by atoms with Crippen molar-refractivity contribution in [3.63, 3.8) is 0 Å². The van der Waals surface area contributed by atoms with Crippen molar-refractivity contribution in [2.24, 2.45) is 0 Å². The predicted octanol–water partition coefficient (Wildman–Crippen LogP) is 6.05. The van der Waals surface area contributed by atoms with E-state index in [2.05, 4.69) is 15.6 Å². The Morgan fingerprint density at radius 2 is 1.95 bits per heavy atom. The first-order chi connectivity index (χ1) is 17.8. The number of rotatable bonds is 7. The van der Waals surface area contributed by atoms with Crippen LogP contribution in [0.4, 0.5) is 11.4 Å². The van der Waals surface area contributed by atoms with Crippen LogP contribution in [0.15, 0.2) is 69.9 Å². The Bertz CT molecular complexity index is 1530. The number of nitro benzene ring substituents is 1. The fourth-order valence-corrected chi connectivity index (χ4v) is 7.15. The molecule has 37 heavy (non-hydrogen) atoms. The van der Waals surface area contributed by atoms with Gasteiger partial charge in [0.15, 0.2) is 4.34 Å². The Hall–Kier alpha value is -3.16. The molecule has 188 valence electrons. The summed E-state index contributed by atoms with van der Waals surface area (Å²) < 4.78 is 1.44. The normalized spacial score (nSPS) is 17.1. The molecule has 0 saturated carbocycles. The van der Waals surface area contributed by atoms with Crippen molar-refractivity contribution >= 4 is 79.9 Å². The van der Waals surface area contributed by atoms with Gasteiger partial charge in [-0.15, -0.1) is 23.1 Å². The molecular formula is C24H17ClN4O5S3. The molecule has 2 heterocycles. The second kappa shape index (κ2) is 10.7. The van der Waals surface area contributed by atoms with Crippen molar-refractivity contribution in [2.75, 3.05) is 11.1 Å². The summed E-state index contributed by atoms with van der Waals surface area (Å²) in [5, 5.41) is 27.1. The van der Waals surface area contributed by atoms with Crippen molar-refractivity contribution in [2.45, 2.75) is 20.7 Å². The molecular weight excluding hydrogens is 556 g/mol. The molecule has 3 aromatic carbocycles. The lowest BCUT2D eigenvalue weighted by Crippen LogP contribution is -2.33. The van der Waals surface area contributed by atoms with Gasteiger partial charge in [-0.1, -0.05) is 29.4 Å². The van der Waals surface area contributed by atoms with Crippen molar-refractivity contribution in [3.05, 3.63) is 86.9 Å². The highest BCUT2D eigenvalue weighted by atomic mass is 35.5. The number of benzene rings is 3. The van der Waals surface area contributed by atoms with E-state index in [0.717, 1.165) is 4.70 Å². The summed E-state index contributed by atoms with van der Waals surface area (Å²) >= 11 is 9.84. The molecule has 1 amide bonds. The summed E-state index contributed by atoms with van der Waals surface area (Å²) in [6.45, 7) is 0. The third-order valence-electron chi connectivity index (χ3n) is 5.49. The Balaban J connectivity index is 1.34. The molecule has 1 aromatic heterocycles. The third kappa shape index (κ3) is 5.73. The fraction of sp³-hybridized carbons (Fsp3) is 0.125. The monoisotopic (exact) mass is 572 g/mol. The number of fused-ring (bicyclic) bond motifs is 1.